The van der Waals surface area contributed by atoms with Crippen LogP contribution in [0.2, 0.25) is 0 Å². The number of benzene rings is 1. The van der Waals surface area contributed by atoms with E-state index in [-0.39, 0.29) is 13.0 Å². The van der Waals surface area contributed by atoms with Gasteiger partial charge in [-0.1, -0.05) is 18.2 Å². The molecule has 2 rings (SSSR count). The Morgan fingerprint density at radius 3 is 2.50 bits per heavy atom. The summed E-state index contributed by atoms with van der Waals surface area (Å²) in [5.74, 6) is -1.21. The maximum atomic E-state index is 13.1. The Balaban J connectivity index is 2.44. The molecule has 0 bridgehead atoms. The minimum absolute atomic E-state index is 0.171. The average Bonchev–Trinajstić information content (AvgIpc) is 2.92. The molecule has 0 aliphatic carbocycles. The molecule has 1 N–H and O–H groups in total. The van der Waals surface area contributed by atoms with Crippen LogP contribution in [-0.2, 0) is 20.8 Å². The van der Waals surface area contributed by atoms with Crippen LogP contribution in [0.1, 0.15) is 18.9 Å². The van der Waals surface area contributed by atoms with Crippen molar-refractivity contribution in [3.05, 3.63) is 42.1 Å². The summed E-state index contributed by atoms with van der Waals surface area (Å²) in [5.41, 5.74) is -1.23. The Morgan fingerprint density at radius 2 is 1.96 bits per heavy atom. The highest BCUT2D eigenvalue weighted by atomic mass is 32.2. The summed E-state index contributed by atoms with van der Waals surface area (Å²) in [5, 5.41) is 7.97. The van der Waals surface area contributed by atoms with Crippen LogP contribution in [0.5, 0.6) is 0 Å². The van der Waals surface area contributed by atoms with Gasteiger partial charge in [-0.3, -0.25) is 0 Å². The van der Waals surface area contributed by atoms with Gasteiger partial charge in [0.1, 0.15) is 6.04 Å². The lowest BCUT2D eigenvalue weighted by Gasteiger charge is -2.18. The Labute approximate surface area is 137 Å². The second-order valence-electron chi connectivity index (χ2n) is 5.43. The van der Waals surface area contributed by atoms with Crippen molar-refractivity contribution in [2.75, 3.05) is 6.54 Å². The van der Waals surface area contributed by atoms with Crippen LogP contribution in [0.4, 0.5) is 13.2 Å². The van der Waals surface area contributed by atoms with Crippen LogP contribution in [0.3, 0.4) is 0 Å². The number of hydrogen-bond donors (Lipinski definition) is 1. The number of allylic oxidation sites excluding steroid dienone is 1. The number of nitrogens with zero attached hydrogens (tertiary/aromatic N) is 1. The van der Waals surface area contributed by atoms with Gasteiger partial charge in [0.05, 0.1) is 15.7 Å². The molecule has 2 atom stereocenters. The van der Waals surface area contributed by atoms with Crippen molar-refractivity contribution >= 4 is 15.8 Å². The summed E-state index contributed by atoms with van der Waals surface area (Å²) in [6, 6.07) is 2.86. The smallest absolute Gasteiger partial charge is 0.417 e. The van der Waals surface area contributed by atoms with E-state index in [4.69, 9.17) is 0 Å². The van der Waals surface area contributed by atoms with Crippen molar-refractivity contribution in [2.24, 2.45) is 0 Å². The highest BCUT2D eigenvalue weighted by Crippen LogP contribution is 2.37. The first-order chi connectivity index (χ1) is 11.1. The minimum Gasteiger partial charge on any atom is -0.480 e. The lowest BCUT2D eigenvalue weighted by molar-refractivity contribution is -0.141. The normalized spacial score (nSPS) is 22.2. The molecule has 1 aliphatic heterocycles. The second kappa shape index (κ2) is 6.46. The van der Waals surface area contributed by atoms with E-state index in [1.807, 2.05) is 0 Å². The largest absolute Gasteiger partial charge is 0.480 e. The summed E-state index contributed by atoms with van der Waals surface area (Å²) in [7, 11) is -4.33. The molecule has 0 spiro atoms. The molecule has 0 amide bonds. The number of rotatable bonds is 4. The highest BCUT2D eigenvalue weighted by Gasteiger charge is 2.45. The monoisotopic (exact) mass is 363 g/mol. The molecule has 0 aromatic heterocycles. The average molecular weight is 363 g/mol. The number of alkyl halides is 3. The Morgan fingerprint density at radius 1 is 1.33 bits per heavy atom. The molecule has 1 aromatic carbocycles. The number of carbonyl (C=O) groups is 1. The number of likely N-dealkylation sites (tertiary alicyclic amines) is 1. The van der Waals surface area contributed by atoms with Gasteiger partial charge in [-0.2, -0.15) is 13.2 Å². The van der Waals surface area contributed by atoms with E-state index in [0.29, 0.717) is 6.07 Å². The quantitative estimate of drug-likeness (QED) is 0.890. The number of carboxylic acids is 1. The standard InChI is InChI=1S/C15H16F3NO4S/c1-2-7-19-9-10(8-12(19)14(20)21)24(22,23)13-6-4-3-5-11(13)15(16,17)18/h2-7,10,12H,8-9H2,1H3,(H,20,21)/t10-,12+/m1/s1. The van der Waals surface area contributed by atoms with Crippen LogP contribution < -0.4 is 0 Å². The first-order valence-electron chi connectivity index (χ1n) is 7.10. The Hall–Kier alpha value is -2.03. The minimum atomic E-state index is -4.81. The molecule has 1 fully saturated rings. The predicted molar refractivity (Wildman–Crippen MR) is 80.0 cm³/mol. The third-order valence-corrected chi connectivity index (χ3v) is 6.05. The summed E-state index contributed by atoms with van der Waals surface area (Å²) in [6.07, 6.45) is -2.09. The van der Waals surface area contributed by atoms with Crippen LogP contribution in [0.25, 0.3) is 0 Å². The van der Waals surface area contributed by atoms with Gasteiger partial charge < -0.3 is 10.0 Å². The summed E-state index contributed by atoms with van der Waals surface area (Å²) >= 11 is 0. The van der Waals surface area contributed by atoms with E-state index in [1.165, 1.54) is 17.2 Å². The Bertz CT molecular complexity index is 758. The fraction of sp³-hybridized carbons (Fsp3) is 0.400. The number of halogens is 3. The highest BCUT2D eigenvalue weighted by molar-refractivity contribution is 7.92. The van der Waals surface area contributed by atoms with Crippen LogP contribution >= 0.6 is 0 Å². The fourth-order valence-electron chi connectivity index (χ4n) is 2.77. The van der Waals surface area contributed by atoms with E-state index in [9.17, 15) is 31.5 Å². The fourth-order valence-corrected chi connectivity index (χ4v) is 4.70. The first-order valence-corrected chi connectivity index (χ1v) is 8.65. The second-order valence-corrected chi connectivity index (χ2v) is 7.63. The molecule has 0 unspecified atom stereocenters. The van der Waals surface area contributed by atoms with Crippen molar-refractivity contribution in [2.45, 2.75) is 35.7 Å². The van der Waals surface area contributed by atoms with Gasteiger partial charge in [-0.05, 0) is 31.7 Å². The molecule has 132 valence electrons. The third kappa shape index (κ3) is 3.40. The number of sulfone groups is 1. The van der Waals surface area contributed by atoms with E-state index in [1.54, 1.807) is 13.0 Å². The number of aliphatic carboxylic acids is 1. The van der Waals surface area contributed by atoms with Gasteiger partial charge in [-0.15, -0.1) is 0 Å². The SMILES string of the molecule is CC=CN1C[C@H](S(=O)(=O)c2ccccc2C(F)(F)F)C[C@H]1C(=O)O. The summed E-state index contributed by atoms with van der Waals surface area (Å²) in [6.45, 7) is 1.47. The molecule has 1 aromatic rings. The number of carboxylic acid groups (broad SMARTS) is 1. The third-order valence-electron chi connectivity index (χ3n) is 3.86. The van der Waals surface area contributed by atoms with E-state index in [0.717, 1.165) is 12.1 Å². The molecular formula is C15H16F3NO4S. The van der Waals surface area contributed by atoms with Gasteiger partial charge >= 0.3 is 12.1 Å². The number of hydrogen-bond acceptors (Lipinski definition) is 4. The molecule has 1 saturated heterocycles. The van der Waals surface area contributed by atoms with Crippen LogP contribution in [-0.4, -0.2) is 42.2 Å². The topological polar surface area (TPSA) is 74.7 Å². The molecule has 1 aliphatic rings. The molecule has 5 nitrogen and oxygen atoms in total. The lowest BCUT2D eigenvalue weighted by atomic mass is 10.2. The van der Waals surface area contributed by atoms with Gasteiger partial charge in [0.2, 0.25) is 0 Å². The summed E-state index contributed by atoms with van der Waals surface area (Å²) < 4.78 is 64.6. The summed E-state index contributed by atoms with van der Waals surface area (Å²) in [4.78, 5) is 11.8. The molecule has 0 radical (unpaired) electrons. The first kappa shape index (κ1) is 18.3. The maximum absolute atomic E-state index is 13.1. The zero-order valence-corrected chi connectivity index (χ0v) is 13.5. The van der Waals surface area contributed by atoms with Crippen molar-refractivity contribution in [1.29, 1.82) is 0 Å². The zero-order valence-electron chi connectivity index (χ0n) is 12.7. The van der Waals surface area contributed by atoms with Crippen molar-refractivity contribution in [3.63, 3.8) is 0 Å². The molecule has 24 heavy (non-hydrogen) atoms. The van der Waals surface area contributed by atoms with Crippen LogP contribution in [0, 0.1) is 0 Å². The lowest BCUT2D eigenvalue weighted by Crippen LogP contribution is -2.31. The van der Waals surface area contributed by atoms with Crippen molar-refractivity contribution in [1.82, 2.24) is 4.90 Å². The molecule has 0 saturated carbocycles. The van der Waals surface area contributed by atoms with E-state index >= 15 is 0 Å². The maximum Gasteiger partial charge on any atom is 0.417 e. The van der Waals surface area contributed by atoms with Gasteiger partial charge in [0.15, 0.2) is 9.84 Å². The predicted octanol–water partition coefficient (Wildman–Crippen LogP) is 2.54. The van der Waals surface area contributed by atoms with Gasteiger partial charge in [0.25, 0.3) is 0 Å². The molecular weight excluding hydrogens is 347 g/mol. The van der Waals surface area contributed by atoms with Crippen LogP contribution in [0.15, 0.2) is 41.4 Å². The van der Waals surface area contributed by atoms with Gasteiger partial charge in [0, 0.05) is 6.54 Å². The van der Waals surface area contributed by atoms with Crippen molar-refractivity contribution < 1.29 is 31.5 Å². The van der Waals surface area contributed by atoms with Crippen molar-refractivity contribution in [3.8, 4) is 0 Å². The van der Waals surface area contributed by atoms with E-state index in [2.05, 4.69) is 0 Å². The molecule has 1 heterocycles. The Kier molecular flexibility index (Phi) is 4.93. The molecule has 9 heteroatoms. The van der Waals surface area contributed by atoms with E-state index < -0.39 is 43.7 Å². The zero-order chi connectivity index (χ0) is 18.1. The van der Waals surface area contributed by atoms with Gasteiger partial charge in [-0.25, -0.2) is 13.2 Å².